The number of carbonyl (C=O) groups excluding carboxylic acids is 1. The summed E-state index contributed by atoms with van der Waals surface area (Å²) in [4.78, 5) is 17.4. The maximum Gasteiger partial charge on any atom is 0.492 e. The molecule has 0 saturated carbocycles. The molecule has 8 heteroatoms. The normalized spacial score (nSPS) is 17.7. The van der Waals surface area contributed by atoms with Crippen LogP contribution in [0.2, 0.25) is 0 Å². The van der Waals surface area contributed by atoms with Crippen molar-refractivity contribution in [2.75, 3.05) is 18.9 Å². The molecule has 1 amide bonds. The molecular formula is C30H34BN3O4. The lowest BCUT2D eigenvalue weighted by Crippen LogP contribution is -2.41. The van der Waals surface area contributed by atoms with Gasteiger partial charge in [0.2, 0.25) is 0 Å². The Balaban J connectivity index is 1.31. The Labute approximate surface area is 224 Å². The zero-order valence-electron chi connectivity index (χ0n) is 22.6. The lowest BCUT2D eigenvalue weighted by Gasteiger charge is -2.32. The Morgan fingerprint density at radius 3 is 2.18 bits per heavy atom. The number of aryl methyl sites for hydroxylation is 1. The molecule has 1 aliphatic heterocycles. The Hall–Kier alpha value is -3.62. The van der Waals surface area contributed by atoms with Gasteiger partial charge in [-0.15, -0.1) is 0 Å². The molecule has 0 atom stereocenters. The first-order valence-corrected chi connectivity index (χ1v) is 12.9. The van der Waals surface area contributed by atoms with Crippen LogP contribution in [0.15, 0.2) is 66.1 Å². The summed E-state index contributed by atoms with van der Waals surface area (Å²) in [6.45, 7) is 10.3. The summed E-state index contributed by atoms with van der Waals surface area (Å²) in [7, 11) is -0.671. The number of amides is 1. The molecule has 7 nitrogen and oxygen atoms in total. The maximum atomic E-state index is 12.9. The predicted molar refractivity (Wildman–Crippen MR) is 151 cm³/mol. The third kappa shape index (κ3) is 4.94. The van der Waals surface area contributed by atoms with Crippen molar-refractivity contribution >= 4 is 25.0 Å². The Morgan fingerprint density at radius 1 is 1.00 bits per heavy atom. The van der Waals surface area contributed by atoms with Crippen molar-refractivity contribution in [3.8, 4) is 11.1 Å². The molecule has 0 bridgehead atoms. The van der Waals surface area contributed by atoms with E-state index in [4.69, 9.17) is 19.8 Å². The fourth-order valence-corrected chi connectivity index (χ4v) is 4.90. The number of nitrogens with zero attached hydrogens (tertiary/aromatic N) is 1. The van der Waals surface area contributed by atoms with Gasteiger partial charge in [-0.3, -0.25) is 4.98 Å². The van der Waals surface area contributed by atoms with Crippen molar-refractivity contribution in [2.24, 2.45) is 0 Å². The van der Waals surface area contributed by atoms with Crippen LogP contribution >= 0.6 is 0 Å². The van der Waals surface area contributed by atoms with Gasteiger partial charge in [-0.1, -0.05) is 48.5 Å². The lowest BCUT2D eigenvalue weighted by molar-refractivity contribution is 0.00578. The van der Waals surface area contributed by atoms with Crippen molar-refractivity contribution in [1.82, 2.24) is 10.3 Å². The number of nitrogens with one attached hydrogen (secondary N) is 1. The third-order valence-electron chi connectivity index (χ3n) is 7.76. The van der Waals surface area contributed by atoms with E-state index in [0.717, 1.165) is 5.69 Å². The van der Waals surface area contributed by atoms with Crippen LogP contribution in [0.4, 0.5) is 10.5 Å². The van der Waals surface area contributed by atoms with Gasteiger partial charge >= 0.3 is 13.2 Å². The van der Waals surface area contributed by atoms with E-state index in [2.05, 4.69) is 34.6 Å². The van der Waals surface area contributed by atoms with Gasteiger partial charge in [0.05, 0.1) is 22.6 Å². The average molecular weight is 511 g/mol. The van der Waals surface area contributed by atoms with Crippen LogP contribution in [0.1, 0.15) is 56.1 Å². The highest BCUT2D eigenvalue weighted by Crippen LogP contribution is 2.44. The number of nitrogens with two attached hydrogens (primary N) is 1. The van der Waals surface area contributed by atoms with Gasteiger partial charge < -0.3 is 25.1 Å². The predicted octanol–water partition coefficient (Wildman–Crippen LogP) is 5.53. The van der Waals surface area contributed by atoms with E-state index in [0.29, 0.717) is 16.9 Å². The highest BCUT2D eigenvalue weighted by molar-refractivity contribution is 6.56. The van der Waals surface area contributed by atoms with Gasteiger partial charge in [-0.2, -0.15) is 0 Å². The van der Waals surface area contributed by atoms with E-state index in [1.54, 1.807) is 0 Å². The molecule has 0 spiro atoms. The van der Waals surface area contributed by atoms with Crippen LogP contribution < -0.4 is 11.1 Å². The van der Waals surface area contributed by atoms with E-state index in [1.807, 2.05) is 77.1 Å². The first-order valence-electron chi connectivity index (χ1n) is 12.9. The second-order valence-corrected chi connectivity index (χ2v) is 10.9. The van der Waals surface area contributed by atoms with Crippen LogP contribution in [-0.2, 0) is 14.0 Å². The third-order valence-corrected chi connectivity index (χ3v) is 7.76. The summed E-state index contributed by atoms with van der Waals surface area (Å²) in [6.07, 6.45) is 1.31. The van der Waals surface area contributed by atoms with Gasteiger partial charge in [-0.05, 0) is 80.6 Å². The second-order valence-electron chi connectivity index (χ2n) is 10.9. The number of ether oxygens (including phenoxy) is 1. The Bertz CT molecular complexity index is 1340. The molecule has 3 N–H and O–H groups in total. The van der Waals surface area contributed by atoms with Crippen molar-refractivity contribution in [2.45, 2.75) is 51.7 Å². The van der Waals surface area contributed by atoms with E-state index in [-0.39, 0.29) is 19.1 Å². The van der Waals surface area contributed by atoms with E-state index >= 15 is 0 Å². The molecule has 1 saturated heterocycles. The number of fused-ring (bicyclic) bond motifs is 3. The van der Waals surface area contributed by atoms with Crippen molar-refractivity contribution in [3.05, 3.63) is 88.7 Å². The molecule has 1 aliphatic carbocycles. The van der Waals surface area contributed by atoms with Gasteiger partial charge in [0.1, 0.15) is 6.61 Å². The first kappa shape index (κ1) is 26.0. The highest BCUT2D eigenvalue weighted by atomic mass is 16.7. The van der Waals surface area contributed by atoms with Crippen LogP contribution in [0, 0.1) is 6.92 Å². The van der Waals surface area contributed by atoms with Crippen LogP contribution in [-0.4, -0.2) is 42.5 Å². The molecule has 2 heterocycles. The fraction of sp³-hybridized carbons (Fsp3) is 0.333. The summed E-state index contributed by atoms with van der Waals surface area (Å²) < 4.78 is 18.3. The Kier molecular flexibility index (Phi) is 6.80. The summed E-state index contributed by atoms with van der Waals surface area (Å²) in [5, 5.41) is 2.88. The van der Waals surface area contributed by atoms with Gasteiger partial charge in [0.15, 0.2) is 0 Å². The van der Waals surface area contributed by atoms with E-state index < -0.39 is 24.4 Å². The standard InChI is InChI=1S/C30H34BN3O4/c1-19-14-15-26(32)27(34-19)16-20(31-37-29(2,3)30(4,5)38-31)17-33-28(35)36-18-25-23-12-8-6-10-21(23)22-11-7-9-13-24(22)25/h6-16,25H,17-18,32H2,1-5H3,(H,33,35). The molecule has 0 unspecified atom stereocenters. The van der Waals surface area contributed by atoms with E-state index in [1.165, 1.54) is 22.3 Å². The van der Waals surface area contributed by atoms with Crippen molar-refractivity contribution < 1.29 is 18.8 Å². The lowest BCUT2D eigenvalue weighted by atomic mass is 9.77. The number of hydrogen-bond acceptors (Lipinski definition) is 6. The number of anilines is 1. The van der Waals surface area contributed by atoms with Crippen molar-refractivity contribution in [3.63, 3.8) is 0 Å². The number of benzene rings is 2. The van der Waals surface area contributed by atoms with Crippen molar-refractivity contribution in [1.29, 1.82) is 0 Å². The smallest absolute Gasteiger partial charge is 0.449 e. The molecule has 5 rings (SSSR count). The minimum absolute atomic E-state index is 0.0115. The summed E-state index contributed by atoms with van der Waals surface area (Å²) >= 11 is 0. The summed E-state index contributed by atoms with van der Waals surface area (Å²) in [5.41, 5.74) is 12.5. The molecule has 3 aromatic rings. The van der Waals surface area contributed by atoms with Gasteiger partial charge in [0.25, 0.3) is 0 Å². The minimum Gasteiger partial charge on any atom is -0.449 e. The van der Waals surface area contributed by atoms with Gasteiger partial charge in [0, 0.05) is 18.2 Å². The monoisotopic (exact) mass is 511 g/mol. The topological polar surface area (TPSA) is 95.7 Å². The molecule has 2 aromatic carbocycles. The molecule has 0 radical (unpaired) electrons. The quantitative estimate of drug-likeness (QED) is 0.423. The SMILES string of the molecule is Cc1ccc(N)c(C=C(CNC(=O)OCC2c3ccccc3-c3ccccc32)B2OC(C)(C)C(C)(C)O2)n1. The van der Waals surface area contributed by atoms with E-state index in [9.17, 15) is 4.79 Å². The summed E-state index contributed by atoms with van der Waals surface area (Å²) in [5.74, 6) is -0.0115. The number of pyridine rings is 1. The zero-order chi connectivity index (χ0) is 27.1. The van der Waals surface area contributed by atoms with Crippen LogP contribution in [0.5, 0.6) is 0 Å². The Morgan fingerprint density at radius 2 is 1.58 bits per heavy atom. The molecule has 1 fully saturated rings. The second kappa shape index (κ2) is 9.93. The first-order chi connectivity index (χ1) is 18.1. The molecular weight excluding hydrogens is 477 g/mol. The number of carbonyl (C=O) groups is 1. The maximum absolute atomic E-state index is 12.9. The molecule has 1 aromatic heterocycles. The average Bonchev–Trinajstić information content (AvgIpc) is 3.31. The molecule has 196 valence electrons. The largest absolute Gasteiger partial charge is 0.492 e. The fourth-order valence-electron chi connectivity index (χ4n) is 4.90. The van der Waals surface area contributed by atoms with Gasteiger partial charge in [-0.25, -0.2) is 4.79 Å². The number of aromatic nitrogens is 1. The minimum atomic E-state index is -0.671. The number of alkyl carbamates (subject to hydrolysis) is 1. The number of nitrogen functional groups attached to an aromatic ring is 1. The van der Waals surface area contributed by atoms with Crippen LogP contribution in [0.3, 0.4) is 0 Å². The summed E-state index contributed by atoms with van der Waals surface area (Å²) in [6, 6.07) is 20.2. The molecule has 2 aliphatic rings. The van der Waals surface area contributed by atoms with Crippen LogP contribution in [0.25, 0.3) is 17.2 Å². The molecule has 38 heavy (non-hydrogen) atoms. The number of rotatable bonds is 6. The zero-order valence-corrected chi connectivity index (χ0v) is 22.6. The highest BCUT2D eigenvalue weighted by Gasteiger charge is 2.52. The number of hydrogen-bond donors (Lipinski definition) is 2.